The number of hydrogen-bond acceptors (Lipinski definition) is 5. The van der Waals surface area contributed by atoms with Crippen molar-refractivity contribution in [3.05, 3.63) is 52.6 Å². The van der Waals surface area contributed by atoms with Crippen LogP contribution in [0.3, 0.4) is 0 Å². The molecule has 0 bridgehead atoms. The Morgan fingerprint density at radius 1 is 1.26 bits per heavy atom. The zero-order valence-electron chi connectivity index (χ0n) is 15.9. The highest BCUT2D eigenvalue weighted by molar-refractivity contribution is 7.98. The number of benzene rings is 1. The molecule has 27 heavy (non-hydrogen) atoms. The van der Waals surface area contributed by atoms with Gasteiger partial charge in [0.1, 0.15) is 11.9 Å². The molecule has 7 heteroatoms. The molecule has 1 aliphatic heterocycles. The predicted octanol–water partition coefficient (Wildman–Crippen LogP) is 3.49. The second kappa shape index (κ2) is 8.80. The predicted molar refractivity (Wildman–Crippen MR) is 103 cm³/mol. The molecule has 1 saturated heterocycles. The van der Waals surface area contributed by atoms with E-state index in [9.17, 15) is 9.18 Å². The highest BCUT2D eigenvalue weighted by Gasteiger charge is 2.25. The minimum Gasteiger partial charge on any atom is -0.370 e. The Morgan fingerprint density at radius 2 is 1.93 bits per heavy atom. The maximum absolute atomic E-state index is 13.1. The van der Waals surface area contributed by atoms with Gasteiger partial charge in [-0.1, -0.05) is 23.9 Å². The van der Waals surface area contributed by atoms with Crippen LogP contribution < -0.4 is 0 Å². The Morgan fingerprint density at radius 3 is 2.56 bits per heavy atom. The second-order valence-electron chi connectivity index (χ2n) is 6.61. The quantitative estimate of drug-likeness (QED) is 0.579. The number of halogens is 1. The van der Waals surface area contributed by atoms with E-state index < -0.39 is 0 Å². The number of aryl methyl sites for hydroxylation is 2. The van der Waals surface area contributed by atoms with Crippen LogP contribution in [-0.2, 0) is 16.0 Å². The van der Waals surface area contributed by atoms with Crippen molar-refractivity contribution in [2.75, 3.05) is 26.0 Å². The number of ether oxygens (including phenoxy) is 1. The molecule has 0 N–H and O–H groups in total. The van der Waals surface area contributed by atoms with Crippen molar-refractivity contribution >= 4 is 17.7 Å². The van der Waals surface area contributed by atoms with Gasteiger partial charge in [-0.15, -0.1) is 0 Å². The lowest BCUT2D eigenvalue weighted by Gasteiger charge is -2.33. The summed E-state index contributed by atoms with van der Waals surface area (Å²) < 4.78 is 18.9. The van der Waals surface area contributed by atoms with Gasteiger partial charge in [-0.25, -0.2) is 14.4 Å². The third-order valence-electron chi connectivity index (χ3n) is 4.83. The molecule has 1 amide bonds. The first kappa shape index (κ1) is 19.8. The van der Waals surface area contributed by atoms with Crippen LogP contribution in [-0.4, -0.2) is 46.7 Å². The maximum Gasteiger partial charge on any atom is 0.223 e. The molecule has 1 atom stereocenters. The van der Waals surface area contributed by atoms with Crippen molar-refractivity contribution in [1.29, 1.82) is 0 Å². The van der Waals surface area contributed by atoms with Gasteiger partial charge in [-0.05, 0) is 49.8 Å². The largest absolute Gasteiger partial charge is 0.370 e. The van der Waals surface area contributed by atoms with Crippen molar-refractivity contribution in [2.45, 2.75) is 37.9 Å². The molecule has 1 aromatic heterocycles. The summed E-state index contributed by atoms with van der Waals surface area (Å²) in [4.78, 5) is 23.5. The number of hydrogen-bond donors (Lipinski definition) is 0. The van der Waals surface area contributed by atoms with E-state index in [0.717, 1.165) is 27.7 Å². The van der Waals surface area contributed by atoms with Crippen LogP contribution >= 0.6 is 11.8 Å². The van der Waals surface area contributed by atoms with E-state index in [0.29, 0.717) is 32.5 Å². The fourth-order valence-electron chi connectivity index (χ4n) is 3.31. The van der Waals surface area contributed by atoms with Gasteiger partial charge in [0.15, 0.2) is 5.16 Å². The number of morpholine rings is 1. The molecule has 1 fully saturated rings. The van der Waals surface area contributed by atoms with Gasteiger partial charge in [-0.3, -0.25) is 4.79 Å². The van der Waals surface area contributed by atoms with Crippen LogP contribution in [0.15, 0.2) is 29.4 Å². The Bertz CT molecular complexity index is 790. The Labute approximate surface area is 163 Å². The smallest absolute Gasteiger partial charge is 0.223 e. The minimum absolute atomic E-state index is 0.0955. The summed E-state index contributed by atoms with van der Waals surface area (Å²) in [5.41, 5.74) is 3.81. The molecule has 1 aliphatic rings. The third kappa shape index (κ3) is 4.84. The van der Waals surface area contributed by atoms with Crippen molar-refractivity contribution in [3.63, 3.8) is 0 Å². The van der Waals surface area contributed by atoms with Gasteiger partial charge in [-0.2, -0.15) is 0 Å². The normalized spacial score (nSPS) is 17.2. The number of amides is 1. The van der Waals surface area contributed by atoms with Crippen LogP contribution in [0, 0.1) is 19.7 Å². The summed E-state index contributed by atoms with van der Waals surface area (Å²) in [5, 5.41) is 0.760. The van der Waals surface area contributed by atoms with Crippen molar-refractivity contribution in [1.82, 2.24) is 14.9 Å². The first-order valence-electron chi connectivity index (χ1n) is 9.01. The van der Waals surface area contributed by atoms with Crippen LogP contribution in [0.5, 0.6) is 0 Å². The van der Waals surface area contributed by atoms with Crippen LogP contribution in [0.25, 0.3) is 0 Å². The SMILES string of the molecule is CSc1nc(C)c(CCC(=O)N2CCOC(c3ccc(F)cc3)C2)c(C)n1. The topological polar surface area (TPSA) is 55.3 Å². The molecule has 0 spiro atoms. The molecule has 0 aliphatic carbocycles. The number of carbonyl (C=O) groups excluding carboxylic acids is 1. The Hall–Kier alpha value is -1.99. The van der Waals surface area contributed by atoms with Crippen molar-refractivity contribution < 1.29 is 13.9 Å². The Balaban J connectivity index is 1.62. The Kier molecular flexibility index (Phi) is 6.44. The van der Waals surface area contributed by atoms with Gasteiger partial charge < -0.3 is 9.64 Å². The van der Waals surface area contributed by atoms with Crippen LogP contribution in [0.1, 0.15) is 35.0 Å². The van der Waals surface area contributed by atoms with E-state index >= 15 is 0 Å². The van der Waals surface area contributed by atoms with E-state index in [4.69, 9.17) is 4.74 Å². The molecule has 2 aromatic rings. The number of nitrogens with zero attached hydrogens (tertiary/aromatic N) is 3. The van der Waals surface area contributed by atoms with E-state index in [-0.39, 0.29) is 17.8 Å². The van der Waals surface area contributed by atoms with Gasteiger partial charge in [0.2, 0.25) is 5.91 Å². The standard InChI is InChI=1S/C20H24FN3O2S/c1-13-17(14(2)23-20(22-13)27-3)8-9-19(25)24-10-11-26-18(12-24)15-4-6-16(21)7-5-15/h4-7,18H,8-12H2,1-3H3. The average Bonchev–Trinajstić information content (AvgIpc) is 2.67. The summed E-state index contributed by atoms with van der Waals surface area (Å²) in [6.45, 7) is 5.49. The lowest BCUT2D eigenvalue weighted by Crippen LogP contribution is -2.42. The molecule has 144 valence electrons. The average molecular weight is 389 g/mol. The second-order valence-corrected chi connectivity index (χ2v) is 7.38. The maximum atomic E-state index is 13.1. The molecule has 0 saturated carbocycles. The van der Waals surface area contributed by atoms with E-state index in [2.05, 4.69) is 9.97 Å². The number of thioether (sulfide) groups is 1. The van der Waals surface area contributed by atoms with E-state index in [1.807, 2.05) is 25.0 Å². The fourth-order valence-corrected chi connectivity index (χ4v) is 3.76. The number of aromatic nitrogens is 2. The molecule has 2 heterocycles. The molecule has 0 radical (unpaired) electrons. The van der Waals surface area contributed by atoms with E-state index in [1.165, 1.54) is 23.9 Å². The fraction of sp³-hybridized carbons (Fsp3) is 0.450. The molecular weight excluding hydrogens is 365 g/mol. The number of rotatable bonds is 5. The monoisotopic (exact) mass is 389 g/mol. The minimum atomic E-state index is -0.275. The molecular formula is C20H24FN3O2S. The van der Waals surface area contributed by atoms with Gasteiger partial charge >= 0.3 is 0 Å². The molecule has 5 nitrogen and oxygen atoms in total. The summed E-state index contributed by atoms with van der Waals surface area (Å²) >= 11 is 1.52. The number of carbonyl (C=O) groups is 1. The van der Waals surface area contributed by atoms with Crippen molar-refractivity contribution in [3.8, 4) is 0 Å². The first-order valence-corrected chi connectivity index (χ1v) is 10.2. The summed E-state index contributed by atoms with van der Waals surface area (Å²) in [6, 6.07) is 6.27. The summed E-state index contributed by atoms with van der Waals surface area (Å²) in [7, 11) is 0. The van der Waals surface area contributed by atoms with Crippen molar-refractivity contribution in [2.24, 2.45) is 0 Å². The summed E-state index contributed by atoms with van der Waals surface area (Å²) in [6.07, 6.45) is 2.78. The third-order valence-corrected chi connectivity index (χ3v) is 5.38. The van der Waals surface area contributed by atoms with E-state index in [1.54, 1.807) is 12.1 Å². The molecule has 3 rings (SSSR count). The van der Waals surface area contributed by atoms with Crippen LogP contribution in [0.2, 0.25) is 0 Å². The first-order chi connectivity index (χ1) is 13.0. The molecule has 1 unspecified atom stereocenters. The van der Waals surface area contributed by atoms with Gasteiger partial charge in [0, 0.05) is 24.4 Å². The van der Waals surface area contributed by atoms with Crippen LogP contribution in [0.4, 0.5) is 4.39 Å². The zero-order valence-corrected chi connectivity index (χ0v) is 16.7. The zero-order chi connectivity index (χ0) is 19.4. The lowest BCUT2D eigenvalue weighted by atomic mass is 10.0. The van der Waals surface area contributed by atoms with Gasteiger partial charge in [0.25, 0.3) is 0 Å². The lowest BCUT2D eigenvalue weighted by molar-refractivity contribution is -0.139. The highest BCUT2D eigenvalue weighted by atomic mass is 32.2. The highest BCUT2D eigenvalue weighted by Crippen LogP contribution is 2.23. The van der Waals surface area contributed by atoms with Gasteiger partial charge in [0.05, 0.1) is 13.2 Å². The molecule has 1 aromatic carbocycles. The summed E-state index contributed by atoms with van der Waals surface area (Å²) in [5.74, 6) is -0.180.